The van der Waals surface area contributed by atoms with Gasteiger partial charge in [0, 0.05) is 5.71 Å². The van der Waals surface area contributed by atoms with Crippen molar-refractivity contribution >= 4 is 28.7 Å². The fourth-order valence-corrected chi connectivity index (χ4v) is 2.12. The van der Waals surface area contributed by atoms with Gasteiger partial charge in [-0.25, -0.2) is 4.39 Å². The molecule has 2 N–H and O–H groups in total. The summed E-state index contributed by atoms with van der Waals surface area (Å²) in [5.74, 6) is 0.741. The van der Waals surface area contributed by atoms with Crippen LogP contribution in [0.4, 0.5) is 10.1 Å². The number of hydrogen-bond donors (Lipinski definition) is 2. The SMILES string of the molecule is CC(C)CC(CC(C)C)=NNC(=S)Nc1ccccc1F. The number of para-hydroxylation sites is 1. The van der Waals surface area contributed by atoms with Crippen molar-refractivity contribution in [1.82, 2.24) is 5.43 Å². The number of thiocarbonyl (C=S) groups is 1. The van der Waals surface area contributed by atoms with E-state index in [1.54, 1.807) is 18.2 Å². The molecule has 0 radical (unpaired) electrons. The van der Waals surface area contributed by atoms with Crippen LogP contribution >= 0.6 is 12.2 Å². The molecule has 0 aliphatic rings. The Bertz CT molecular complexity index is 486. The highest BCUT2D eigenvalue weighted by atomic mass is 32.1. The Morgan fingerprint density at radius 3 is 2.24 bits per heavy atom. The molecule has 0 saturated heterocycles. The average molecular weight is 309 g/mol. The van der Waals surface area contributed by atoms with Crippen LogP contribution in [0.5, 0.6) is 0 Å². The molecule has 0 fully saturated rings. The van der Waals surface area contributed by atoms with Gasteiger partial charge < -0.3 is 5.32 Å². The van der Waals surface area contributed by atoms with Crippen LogP contribution in [0.3, 0.4) is 0 Å². The molecule has 0 aliphatic heterocycles. The third kappa shape index (κ3) is 7.18. The maximum Gasteiger partial charge on any atom is 0.191 e. The van der Waals surface area contributed by atoms with Crippen LogP contribution in [0.1, 0.15) is 40.5 Å². The Hall–Kier alpha value is -1.49. The van der Waals surface area contributed by atoms with Gasteiger partial charge in [-0.2, -0.15) is 5.10 Å². The van der Waals surface area contributed by atoms with Crippen molar-refractivity contribution in [3.63, 3.8) is 0 Å². The van der Waals surface area contributed by atoms with Crippen molar-refractivity contribution in [2.24, 2.45) is 16.9 Å². The van der Waals surface area contributed by atoms with Gasteiger partial charge in [-0.3, -0.25) is 5.43 Å². The largest absolute Gasteiger partial charge is 0.329 e. The highest BCUT2D eigenvalue weighted by molar-refractivity contribution is 7.80. The third-order valence-electron chi connectivity index (χ3n) is 2.73. The van der Waals surface area contributed by atoms with Crippen LogP contribution in [0.15, 0.2) is 29.4 Å². The summed E-state index contributed by atoms with van der Waals surface area (Å²) >= 11 is 5.15. The molecule has 1 aromatic carbocycles. The first-order chi connectivity index (χ1) is 9.88. The van der Waals surface area contributed by atoms with Gasteiger partial charge >= 0.3 is 0 Å². The fraction of sp³-hybridized carbons (Fsp3) is 0.500. The number of benzene rings is 1. The number of nitrogens with zero attached hydrogens (tertiary/aromatic N) is 1. The molecule has 0 aliphatic carbocycles. The standard InChI is InChI=1S/C16H24FN3S/c1-11(2)9-13(10-12(3)4)19-20-16(21)18-15-8-6-5-7-14(15)17/h5-8,11-12H,9-10H2,1-4H3,(H2,18,20,21). The van der Waals surface area contributed by atoms with Crippen molar-refractivity contribution < 1.29 is 4.39 Å². The highest BCUT2D eigenvalue weighted by Crippen LogP contribution is 2.12. The van der Waals surface area contributed by atoms with E-state index in [1.807, 2.05) is 0 Å². The second kappa shape index (κ2) is 8.72. The van der Waals surface area contributed by atoms with Crippen LogP contribution < -0.4 is 10.7 Å². The first-order valence-electron chi connectivity index (χ1n) is 7.25. The lowest BCUT2D eigenvalue weighted by molar-refractivity contribution is 0.630. The smallest absolute Gasteiger partial charge is 0.191 e. The first-order valence-corrected chi connectivity index (χ1v) is 7.66. The number of halogens is 1. The zero-order valence-electron chi connectivity index (χ0n) is 13.1. The van der Waals surface area contributed by atoms with E-state index in [0.717, 1.165) is 18.6 Å². The van der Waals surface area contributed by atoms with Gasteiger partial charge in [-0.1, -0.05) is 39.8 Å². The summed E-state index contributed by atoms with van der Waals surface area (Å²) < 4.78 is 13.5. The van der Waals surface area contributed by atoms with Crippen LogP contribution in [0.25, 0.3) is 0 Å². The average Bonchev–Trinajstić information content (AvgIpc) is 2.37. The lowest BCUT2D eigenvalue weighted by Crippen LogP contribution is -2.26. The predicted molar refractivity (Wildman–Crippen MR) is 92.1 cm³/mol. The maximum absolute atomic E-state index is 13.5. The molecule has 0 heterocycles. The molecule has 0 amide bonds. The predicted octanol–water partition coefficient (Wildman–Crippen LogP) is 4.56. The Labute approximate surface area is 132 Å². The van der Waals surface area contributed by atoms with Crippen LogP contribution in [-0.4, -0.2) is 10.8 Å². The van der Waals surface area contributed by atoms with Crippen molar-refractivity contribution in [2.45, 2.75) is 40.5 Å². The highest BCUT2D eigenvalue weighted by Gasteiger charge is 2.07. The summed E-state index contributed by atoms with van der Waals surface area (Å²) in [6, 6.07) is 6.41. The van der Waals surface area contributed by atoms with E-state index in [9.17, 15) is 4.39 Å². The molecule has 3 nitrogen and oxygen atoms in total. The third-order valence-corrected chi connectivity index (χ3v) is 2.92. The van der Waals surface area contributed by atoms with Gasteiger partial charge in [0.25, 0.3) is 0 Å². The minimum absolute atomic E-state index is 0.296. The fourth-order valence-electron chi connectivity index (χ4n) is 1.96. The summed E-state index contributed by atoms with van der Waals surface area (Å²) in [5, 5.41) is 7.48. The first kappa shape index (κ1) is 17.6. The molecule has 5 heteroatoms. The van der Waals surface area contributed by atoms with Crippen molar-refractivity contribution in [3.8, 4) is 0 Å². The molecule has 0 atom stereocenters. The van der Waals surface area contributed by atoms with E-state index < -0.39 is 0 Å². The molecule has 1 aromatic rings. The summed E-state index contributed by atoms with van der Waals surface area (Å²) in [4.78, 5) is 0. The Kier molecular flexibility index (Phi) is 7.29. The summed E-state index contributed by atoms with van der Waals surface area (Å²) in [6.07, 6.45) is 1.85. The second-order valence-electron chi connectivity index (χ2n) is 5.92. The number of anilines is 1. The van der Waals surface area contributed by atoms with E-state index in [2.05, 4.69) is 43.5 Å². The Balaban J connectivity index is 2.62. The topological polar surface area (TPSA) is 36.4 Å². The van der Waals surface area contributed by atoms with E-state index >= 15 is 0 Å². The molecule has 0 saturated carbocycles. The zero-order chi connectivity index (χ0) is 15.8. The van der Waals surface area contributed by atoms with Crippen LogP contribution in [-0.2, 0) is 0 Å². The minimum Gasteiger partial charge on any atom is -0.329 e. The normalized spacial score (nSPS) is 10.6. The number of rotatable bonds is 6. The van der Waals surface area contributed by atoms with Gasteiger partial charge in [-0.05, 0) is 49.0 Å². The van der Waals surface area contributed by atoms with Crippen LogP contribution in [0, 0.1) is 17.7 Å². The quantitative estimate of drug-likeness (QED) is 0.459. The summed E-state index contributed by atoms with van der Waals surface area (Å²) in [5.41, 5.74) is 4.24. The Morgan fingerprint density at radius 2 is 1.71 bits per heavy atom. The lowest BCUT2D eigenvalue weighted by atomic mass is 9.99. The second-order valence-corrected chi connectivity index (χ2v) is 6.33. The minimum atomic E-state index is -0.338. The van der Waals surface area contributed by atoms with Crippen molar-refractivity contribution in [2.75, 3.05) is 5.32 Å². The van der Waals surface area contributed by atoms with E-state index in [4.69, 9.17) is 12.2 Å². The van der Waals surface area contributed by atoms with Gasteiger partial charge in [0.2, 0.25) is 0 Å². The number of nitrogens with one attached hydrogen (secondary N) is 2. The number of hydrazone groups is 1. The molecular formula is C16H24FN3S. The molecule has 21 heavy (non-hydrogen) atoms. The lowest BCUT2D eigenvalue weighted by Gasteiger charge is -2.13. The van der Waals surface area contributed by atoms with Gasteiger partial charge in [-0.15, -0.1) is 0 Å². The zero-order valence-corrected chi connectivity index (χ0v) is 13.9. The maximum atomic E-state index is 13.5. The molecule has 0 aromatic heterocycles. The monoisotopic (exact) mass is 309 g/mol. The van der Waals surface area contributed by atoms with Crippen molar-refractivity contribution in [1.29, 1.82) is 0 Å². The molecule has 0 spiro atoms. The summed E-state index contributed by atoms with van der Waals surface area (Å²) in [6.45, 7) is 8.63. The molecule has 0 unspecified atom stereocenters. The van der Waals surface area contributed by atoms with Gasteiger partial charge in [0.15, 0.2) is 5.11 Å². The number of hydrogen-bond acceptors (Lipinski definition) is 2. The van der Waals surface area contributed by atoms with E-state index in [1.165, 1.54) is 6.07 Å². The van der Waals surface area contributed by atoms with Gasteiger partial charge in [0.1, 0.15) is 5.82 Å². The molecular weight excluding hydrogens is 285 g/mol. The van der Waals surface area contributed by atoms with E-state index in [-0.39, 0.29) is 5.82 Å². The molecule has 0 bridgehead atoms. The van der Waals surface area contributed by atoms with Gasteiger partial charge in [0.05, 0.1) is 5.69 Å². The van der Waals surface area contributed by atoms with Crippen molar-refractivity contribution in [3.05, 3.63) is 30.1 Å². The molecule has 116 valence electrons. The summed E-state index contributed by atoms with van der Waals surface area (Å²) in [7, 11) is 0. The Morgan fingerprint density at radius 1 is 1.14 bits per heavy atom. The van der Waals surface area contributed by atoms with Crippen LogP contribution in [0.2, 0.25) is 0 Å². The molecule has 1 rings (SSSR count). The van der Waals surface area contributed by atoms with E-state index in [0.29, 0.717) is 22.6 Å².